The standard InChI is InChI=1S/C15H15N5/c1-11-7-12(9-17-8-11)15(16)14-10-18-20(19-14)13-5-3-2-4-6-13/h2-10,15H,16H2,1H3. The van der Waals surface area contributed by atoms with Crippen LogP contribution in [0.4, 0.5) is 0 Å². The number of nitrogens with zero attached hydrogens (tertiary/aromatic N) is 4. The number of hydrogen-bond acceptors (Lipinski definition) is 4. The molecule has 0 saturated heterocycles. The summed E-state index contributed by atoms with van der Waals surface area (Å²) in [5.41, 5.74) is 9.87. The molecule has 0 amide bonds. The fraction of sp³-hybridized carbons (Fsp3) is 0.133. The third kappa shape index (κ3) is 2.44. The van der Waals surface area contributed by atoms with Crippen LogP contribution in [0.15, 0.2) is 55.0 Å². The summed E-state index contributed by atoms with van der Waals surface area (Å²) in [6.07, 6.45) is 5.26. The average Bonchev–Trinajstić information content (AvgIpc) is 2.97. The van der Waals surface area contributed by atoms with Crippen LogP contribution in [0.25, 0.3) is 5.69 Å². The summed E-state index contributed by atoms with van der Waals surface area (Å²) in [7, 11) is 0. The van der Waals surface area contributed by atoms with Crippen LogP contribution in [0.1, 0.15) is 22.9 Å². The van der Waals surface area contributed by atoms with Crippen molar-refractivity contribution in [3.05, 3.63) is 71.8 Å². The maximum Gasteiger partial charge on any atom is 0.104 e. The van der Waals surface area contributed by atoms with Crippen molar-refractivity contribution in [2.75, 3.05) is 0 Å². The van der Waals surface area contributed by atoms with Crippen LogP contribution in [-0.2, 0) is 0 Å². The fourth-order valence-electron chi connectivity index (χ4n) is 2.02. The Hall–Kier alpha value is -2.53. The predicted molar refractivity (Wildman–Crippen MR) is 76.4 cm³/mol. The van der Waals surface area contributed by atoms with Gasteiger partial charge in [0.15, 0.2) is 0 Å². The third-order valence-electron chi connectivity index (χ3n) is 3.07. The van der Waals surface area contributed by atoms with Crippen molar-refractivity contribution in [3.8, 4) is 5.69 Å². The highest BCUT2D eigenvalue weighted by Crippen LogP contribution is 2.17. The number of aromatic nitrogens is 4. The lowest BCUT2D eigenvalue weighted by Crippen LogP contribution is -2.13. The zero-order valence-corrected chi connectivity index (χ0v) is 11.1. The molecule has 3 aromatic rings. The molecule has 0 spiro atoms. The van der Waals surface area contributed by atoms with Gasteiger partial charge >= 0.3 is 0 Å². The zero-order valence-electron chi connectivity index (χ0n) is 11.1. The monoisotopic (exact) mass is 265 g/mol. The smallest absolute Gasteiger partial charge is 0.104 e. The maximum atomic E-state index is 6.22. The summed E-state index contributed by atoms with van der Waals surface area (Å²) in [4.78, 5) is 5.74. The highest BCUT2D eigenvalue weighted by Gasteiger charge is 2.14. The quantitative estimate of drug-likeness (QED) is 0.786. The van der Waals surface area contributed by atoms with Crippen LogP contribution in [0.2, 0.25) is 0 Å². The number of rotatable bonds is 3. The second kappa shape index (κ2) is 5.22. The molecule has 0 bridgehead atoms. The molecular weight excluding hydrogens is 250 g/mol. The molecular formula is C15H15N5. The van der Waals surface area contributed by atoms with Crippen molar-refractivity contribution in [1.29, 1.82) is 0 Å². The van der Waals surface area contributed by atoms with Crippen LogP contribution in [0.5, 0.6) is 0 Å². The van der Waals surface area contributed by atoms with Gasteiger partial charge in [0.2, 0.25) is 0 Å². The highest BCUT2D eigenvalue weighted by atomic mass is 15.5. The van der Waals surface area contributed by atoms with Gasteiger partial charge in [-0.25, -0.2) is 0 Å². The van der Waals surface area contributed by atoms with Crippen LogP contribution >= 0.6 is 0 Å². The predicted octanol–water partition coefficient (Wildman–Crippen LogP) is 2.02. The number of para-hydroxylation sites is 1. The van der Waals surface area contributed by atoms with E-state index in [1.807, 2.05) is 43.3 Å². The van der Waals surface area contributed by atoms with E-state index >= 15 is 0 Å². The Morgan fingerprint density at radius 3 is 2.65 bits per heavy atom. The molecule has 1 unspecified atom stereocenters. The Bertz CT molecular complexity index is 705. The fourth-order valence-corrected chi connectivity index (χ4v) is 2.02. The summed E-state index contributed by atoms with van der Waals surface area (Å²) >= 11 is 0. The SMILES string of the molecule is Cc1cncc(C(N)c2cnn(-c3ccccc3)n2)c1. The lowest BCUT2D eigenvalue weighted by atomic mass is 10.1. The van der Waals surface area contributed by atoms with E-state index in [4.69, 9.17) is 5.73 Å². The molecule has 2 N–H and O–H groups in total. The Morgan fingerprint density at radius 2 is 1.90 bits per heavy atom. The number of aryl methyl sites for hydroxylation is 1. The van der Waals surface area contributed by atoms with E-state index in [-0.39, 0.29) is 6.04 Å². The first-order valence-corrected chi connectivity index (χ1v) is 6.39. The second-order valence-electron chi connectivity index (χ2n) is 4.67. The topological polar surface area (TPSA) is 69.6 Å². The molecule has 20 heavy (non-hydrogen) atoms. The van der Waals surface area contributed by atoms with Crippen molar-refractivity contribution >= 4 is 0 Å². The molecule has 5 heteroatoms. The molecule has 0 fully saturated rings. The van der Waals surface area contributed by atoms with Gasteiger partial charge in [-0.1, -0.05) is 24.3 Å². The zero-order chi connectivity index (χ0) is 13.9. The van der Waals surface area contributed by atoms with E-state index in [2.05, 4.69) is 15.2 Å². The maximum absolute atomic E-state index is 6.22. The molecule has 3 rings (SSSR count). The number of hydrogen-bond donors (Lipinski definition) is 1. The van der Waals surface area contributed by atoms with E-state index in [1.165, 1.54) is 0 Å². The summed E-state index contributed by atoms with van der Waals surface area (Å²) in [6.45, 7) is 1.99. The minimum Gasteiger partial charge on any atom is -0.319 e. The molecule has 0 aliphatic heterocycles. The van der Waals surface area contributed by atoms with Gasteiger partial charge in [0.05, 0.1) is 17.9 Å². The Balaban J connectivity index is 1.90. The van der Waals surface area contributed by atoms with Gasteiger partial charge < -0.3 is 5.73 Å². The van der Waals surface area contributed by atoms with Gasteiger partial charge in [-0.15, -0.1) is 0 Å². The van der Waals surface area contributed by atoms with E-state index < -0.39 is 0 Å². The lowest BCUT2D eigenvalue weighted by molar-refractivity contribution is 0.718. The van der Waals surface area contributed by atoms with Crippen LogP contribution in [0, 0.1) is 6.92 Å². The molecule has 1 atom stereocenters. The molecule has 0 radical (unpaired) electrons. The molecule has 0 aliphatic rings. The second-order valence-corrected chi connectivity index (χ2v) is 4.67. The molecule has 0 aliphatic carbocycles. The molecule has 2 aromatic heterocycles. The molecule has 1 aromatic carbocycles. The van der Waals surface area contributed by atoms with Crippen molar-refractivity contribution in [2.24, 2.45) is 5.73 Å². The van der Waals surface area contributed by atoms with Gasteiger partial charge in [-0.3, -0.25) is 4.98 Å². The number of benzene rings is 1. The molecule has 5 nitrogen and oxygen atoms in total. The molecule has 100 valence electrons. The van der Waals surface area contributed by atoms with Gasteiger partial charge in [0.1, 0.15) is 5.69 Å². The Kier molecular flexibility index (Phi) is 3.26. The number of nitrogens with two attached hydrogens (primary N) is 1. The van der Waals surface area contributed by atoms with Crippen molar-refractivity contribution < 1.29 is 0 Å². The van der Waals surface area contributed by atoms with E-state index in [0.717, 1.165) is 22.5 Å². The average molecular weight is 265 g/mol. The Morgan fingerprint density at radius 1 is 1.10 bits per heavy atom. The van der Waals surface area contributed by atoms with Crippen molar-refractivity contribution in [2.45, 2.75) is 13.0 Å². The summed E-state index contributed by atoms with van der Waals surface area (Å²) in [6, 6.07) is 11.4. The number of pyridine rings is 1. The van der Waals surface area contributed by atoms with E-state index in [0.29, 0.717) is 0 Å². The lowest BCUT2D eigenvalue weighted by Gasteiger charge is -2.08. The summed E-state index contributed by atoms with van der Waals surface area (Å²) < 4.78 is 0. The first-order valence-electron chi connectivity index (χ1n) is 6.39. The first kappa shape index (κ1) is 12.5. The highest BCUT2D eigenvalue weighted by molar-refractivity contribution is 5.30. The molecule has 0 saturated carbocycles. The van der Waals surface area contributed by atoms with Crippen molar-refractivity contribution in [1.82, 2.24) is 20.0 Å². The minimum absolute atomic E-state index is 0.320. The van der Waals surface area contributed by atoms with E-state index in [9.17, 15) is 0 Å². The summed E-state index contributed by atoms with van der Waals surface area (Å²) in [5.74, 6) is 0. The van der Waals surface area contributed by atoms with Crippen LogP contribution in [0.3, 0.4) is 0 Å². The largest absolute Gasteiger partial charge is 0.319 e. The third-order valence-corrected chi connectivity index (χ3v) is 3.07. The van der Waals surface area contributed by atoms with Gasteiger partial charge in [0.25, 0.3) is 0 Å². The van der Waals surface area contributed by atoms with Crippen LogP contribution in [-0.4, -0.2) is 20.0 Å². The van der Waals surface area contributed by atoms with E-state index in [1.54, 1.807) is 23.4 Å². The minimum atomic E-state index is -0.320. The van der Waals surface area contributed by atoms with Gasteiger partial charge in [0, 0.05) is 12.4 Å². The van der Waals surface area contributed by atoms with Crippen molar-refractivity contribution in [3.63, 3.8) is 0 Å². The Labute approximate surface area is 117 Å². The van der Waals surface area contributed by atoms with Gasteiger partial charge in [-0.2, -0.15) is 15.0 Å². The van der Waals surface area contributed by atoms with Crippen LogP contribution < -0.4 is 5.73 Å². The normalized spacial score (nSPS) is 12.3. The summed E-state index contributed by atoms with van der Waals surface area (Å²) in [5, 5.41) is 8.70. The first-order chi connectivity index (χ1) is 9.74. The molecule has 2 heterocycles. The van der Waals surface area contributed by atoms with Gasteiger partial charge in [-0.05, 0) is 30.2 Å².